The van der Waals surface area contributed by atoms with Crippen LogP contribution in [0.4, 0.5) is 0 Å². The van der Waals surface area contributed by atoms with Crippen molar-refractivity contribution in [2.45, 2.75) is 37.1 Å². The summed E-state index contributed by atoms with van der Waals surface area (Å²) in [5.74, 6) is -0.0115. The number of aryl methyl sites for hydroxylation is 2. The van der Waals surface area contributed by atoms with E-state index in [0.717, 1.165) is 24.8 Å². The normalized spacial score (nSPS) is 19.1. The number of benzene rings is 1. The summed E-state index contributed by atoms with van der Waals surface area (Å²) in [5, 5.41) is 0. The average molecular weight is 388 g/mol. The standard InChI is InChI=1S/C19H24N4O3S/c1-15(22-8-7-20-14-22)19(24)21-9-11-23(12-10-21)27(25,26)18-6-5-16-3-2-4-17(16)13-18/h5-8,13-15H,2-4,9-12H2,1H3/t15-/m1/s1. The van der Waals surface area contributed by atoms with Crippen LogP contribution in [-0.2, 0) is 27.7 Å². The summed E-state index contributed by atoms with van der Waals surface area (Å²) in [4.78, 5) is 18.7. The molecule has 1 aromatic carbocycles. The topological polar surface area (TPSA) is 75.5 Å². The second kappa shape index (κ2) is 7.09. The number of amides is 1. The Morgan fingerprint density at radius 3 is 2.56 bits per heavy atom. The fourth-order valence-electron chi connectivity index (χ4n) is 3.90. The highest BCUT2D eigenvalue weighted by molar-refractivity contribution is 7.89. The second-order valence-corrected chi connectivity index (χ2v) is 9.14. The van der Waals surface area contributed by atoms with E-state index in [2.05, 4.69) is 4.98 Å². The first-order chi connectivity index (χ1) is 13.0. The van der Waals surface area contributed by atoms with Crippen LogP contribution in [0.25, 0.3) is 0 Å². The molecule has 0 bridgehead atoms. The Hall–Kier alpha value is -2.19. The van der Waals surface area contributed by atoms with Crippen molar-refractivity contribution in [2.24, 2.45) is 0 Å². The number of hydrogen-bond donors (Lipinski definition) is 0. The maximum Gasteiger partial charge on any atom is 0.245 e. The van der Waals surface area contributed by atoms with E-state index >= 15 is 0 Å². The third-order valence-electron chi connectivity index (χ3n) is 5.59. The summed E-state index contributed by atoms with van der Waals surface area (Å²) >= 11 is 0. The molecule has 2 heterocycles. The Bertz CT molecular complexity index is 932. The number of piperazine rings is 1. The van der Waals surface area contributed by atoms with Crippen LogP contribution in [-0.4, -0.2) is 59.3 Å². The maximum absolute atomic E-state index is 13.0. The van der Waals surface area contributed by atoms with E-state index in [1.165, 1.54) is 9.87 Å². The van der Waals surface area contributed by atoms with Crippen LogP contribution >= 0.6 is 0 Å². The molecule has 4 rings (SSSR count). The predicted octanol–water partition coefficient (Wildman–Crippen LogP) is 1.47. The third-order valence-corrected chi connectivity index (χ3v) is 7.48. The Kier molecular flexibility index (Phi) is 4.77. The maximum atomic E-state index is 13.0. The van der Waals surface area contributed by atoms with Gasteiger partial charge >= 0.3 is 0 Å². The van der Waals surface area contributed by atoms with Gasteiger partial charge in [0.2, 0.25) is 15.9 Å². The minimum atomic E-state index is -3.52. The molecule has 1 atom stereocenters. The van der Waals surface area contributed by atoms with Crippen molar-refractivity contribution in [2.75, 3.05) is 26.2 Å². The lowest BCUT2D eigenvalue weighted by Gasteiger charge is -2.35. The zero-order valence-corrected chi connectivity index (χ0v) is 16.2. The van der Waals surface area contributed by atoms with Crippen LogP contribution in [0.1, 0.15) is 30.5 Å². The number of nitrogens with zero attached hydrogens (tertiary/aromatic N) is 4. The Morgan fingerprint density at radius 2 is 1.85 bits per heavy atom. The lowest BCUT2D eigenvalue weighted by Crippen LogP contribution is -2.51. The molecule has 0 saturated carbocycles. The molecule has 7 nitrogen and oxygen atoms in total. The molecule has 0 unspecified atom stereocenters. The first-order valence-electron chi connectivity index (χ1n) is 9.35. The van der Waals surface area contributed by atoms with Crippen molar-refractivity contribution in [1.82, 2.24) is 18.8 Å². The van der Waals surface area contributed by atoms with Gasteiger partial charge in [0.05, 0.1) is 11.2 Å². The number of aromatic nitrogens is 2. The average Bonchev–Trinajstić information content (AvgIpc) is 3.38. The summed E-state index contributed by atoms with van der Waals surface area (Å²) in [6, 6.07) is 5.16. The molecular weight excluding hydrogens is 364 g/mol. The Labute approximate surface area is 159 Å². The van der Waals surface area contributed by atoms with Crippen molar-refractivity contribution >= 4 is 15.9 Å². The molecule has 144 valence electrons. The lowest BCUT2D eigenvalue weighted by atomic mass is 10.1. The van der Waals surface area contributed by atoms with E-state index in [-0.39, 0.29) is 11.9 Å². The largest absolute Gasteiger partial charge is 0.338 e. The van der Waals surface area contributed by atoms with E-state index in [4.69, 9.17) is 0 Å². The molecule has 1 aliphatic heterocycles. The number of sulfonamides is 1. The molecule has 0 radical (unpaired) electrons. The Balaban J connectivity index is 1.43. The smallest absolute Gasteiger partial charge is 0.245 e. The molecule has 1 aromatic heterocycles. The molecule has 1 amide bonds. The van der Waals surface area contributed by atoms with Gasteiger partial charge in [0.25, 0.3) is 0 Å². The molecule has 2 aromatic rings. The first kappa shape index (κ1) is 18.2. The van der Waals surface area contributed by atoms with Crippen LogP contribution in [0, 0.1) is 0 Å². The van der Waals surface area contributed by atoms with Gasteiger partial charge in [-0.25, -0.2) is 13.4 Å². The number of fused-ring (bicyclic) bond motifs is 1. The van der Waals surface area contributed by atoms with Gasteiger partial charge in [-0.1, -0.05) is 6.07 Å². The van der Waals surface area contributed by atoms with Gasteiger partial charge in [0.15, 0.2) is 0 Å². The molecule has 0 spiro atoms. The zero-order chi connectivity index (χ0) is 19.0. The fraction of sp³-hybridized carbons (Fsp3) is 0.474. The van der Waals surface area contributed by atoms with E-state index in [1.807, 2.05) is 19.1 Å². The zero-order valence-electron chi connectivity index (χ0n) is 15.4. The number of hydrogen-bond acceptors (Lipinski definition) is 4. The van der Waals surface area contributed by atoms with Crippen LogP contribution < -0.4 is 0 Å². The van der Waals surface area contributed by atoms with E-state index in [9.17, 15) is 13.2 Å². The number of imidazole rings is 1. The SMILES string of the molecule is C[C@H](C(=O)N1CCN(S(=O)(=O)c2ccc3c(c2)CCC3)CC1)n1ccnc1. The first-order valence-corrected chi connectivity index (χ1v) is 10.8. The molecule has 27 heavy (non-hydrogen) atoms. The number of rotatable bonds is 4. The second-order valence-electron chi connectivity index (χ2n) is 7.20. The quantitative estimate of drug-likeness (QED) is 0.795. The molecular formula is C19H24N4O3S. The number of carbonyl (C=O) groups is 1. The summed E-state index contributed by atoms with van der Waals surface area (Å²) in [7, 11) is -3.52. The van der Waals surface area contributed by atoms with Gasteiger partial charge in [0, 0.05) is 38.6 Å². The van der Waals surface area contributed by atoms with Crippen molar-refractivity contribution in [3.8, 4) is 0 Å². The predicted molar refractivity (Wildman–Crippen MR) is 101 cm³/mol. The molecule has 1 saturated heterocycles. The summed E-state index contributed by atoms with van der Waals surface area (Å²) < 4.78 is 29.2. The molecule has 0 N–H and O–H groups in total. The molecule has 1 fully saturated rings. The highest BCUT2D eigenvalue weighted by Gasteiger charge is 2.32. The van der Waals surface area contributed by atoms with Crippen molar-refractivity contribution in [3.63, 3.8) is 0 Å². The van der Waals surface area contributed by atoms with Gasteiger partial charge in [-0.15, -0.1) is 0 Å². The highest BCUT2D eigenvalue weighted by atomic mass is 32.2. The lowest BCUT2D eigenvalue weighted by molar-refractivity contribution is -0.135. The minimum Gasteiger partial charge on any atom is -0.338 e. The van der Waals surface area contributed by atoms with Crippen LogP contribution in [0.2, 0.25) is 0 Å². The van der Waals surface area contributed by atoms with E-state index < -0.39 is 10.0 Å². The van der Waals surface area contributed by atoms with Crippen molar-refractivity contribution < 1.29 is 13.2 Å². The summed E-state index contributed by atoms with van der Waals surface area (Å²) in [6.45, 7) is 3.28. The van der Waals surface area contributed by atoms with Gasteiger partial charge in [-0.05, 0) is 49.4 Å². The van der Waals surface area contributed by atoms with Gasteiger partial charge in [-0.2, -0.15) is 4.31 Å². The van der Waals surface area contributed by atoms with E-state index in [0.29, 0.717) is 31.1 Å². The molecule has 2 aliphatic rings. The summed E-state index contributed by atoms with van der Waals surface area (Å²) in [6.07, 6.45) is 8.10. The van der Waals surface area contributed by atoms with Gasteiger partial charge in [0.1, 0.15) is 6.04 Å². The van der Waals surface area contributed by atoms with Crippen molar-refractivity contribution in [1.29, 1.82) is 0 Å². The van der Waals surface area contributed by atoms with E-state index in [1.54, 1.807) is 34.3 Å². The summed E-state index contributed by atoms with van der Waals surface area (Å²) in [5.41, 5.74) is 2.41. The minimum absolute atomic E-state index is 0.0115. The number of carbonyl (C=O) groups excluding carboxylic acids is 1. The highest BCUT2D eigenvalue weighted by Crippen LogP contribution is 2.27. The van der Waals surface area contributed by atoms with Crippen LogP contribution in [0.3, 0.4) is 0 Å². The van der Waals surface area contributed by atoms with Crippen molar-refractivity contribution in [3.05, 3.63) is 48.0 Å². The monoisotopic (exact) mass is 388 g/mol. The van der Waals surface area contributed by atoms with Crippen LogP contribution in [0.5, 0.6) is 0 Å². The van der Waals surface area contributed by atoms with Gasteiger partial charge < -0.3 is 9.47 Å². The molecule has 8 heteroatoms. The van der Waals surface area contributed by atoms with Crippen LogP contribution in [0.15, 0.2) is 41.8 Å². The Morgan fingerprint density at radius 1 is 1.11 bits per heavy atom. The van der Waals surface area contributed by atoms with Gasteiger partial charge in [-0.3, -0.25) is 4.79 Å². The third kappa shape index (κ3) is 3.39. The molecule has 1 aliphatic carbocycles. The fourth-order valence-corrected chi connectivity index (χ4v) is 5.37.